The SMILES string of the molecule is CCc1ccc(N2C[C@H](C(=O)OCC(=O)Nc3cccc(Cl)c3Cl)CC2=O)cc1. The van der Waals surface area contributed by atoms with Crippen LogP contribution >= 0.6 is 23.2 Å². The molecule has 2 aromatic rings. The Hall–Kier alpha value is -2.57. The summed E-state index contributed by atoms with van der Waals surface area (Å²) >= 11 is 11.9. The summed E-state index contributed by atoms with van der Waals surface area (Å²) in [6.45, 7) is 1.81. The minimum Gasteiger partial charge on any atom is -0.455 e. The van der Waals surface area contributed by atoms with E-state index in [1.165, 1.54) is 5.56 Å². The molecule has 2 amide bonds. The minimum atomic E-state index is -0.615. The summed E-state index contributed by atoms with van der Waals surface area (Å²) < 4.78 is 5.09. The molecule has 1 heterocycles. The first-order valence-electron chi connectivity index (χ1n) is 9.18. The molecule has 1 saturated heterocycles. The monoisotopic (exact) mass is 434 g/mol. The van der Waals surface area contributed by atoms with Crippen molar-refractivity contribution in [3.8, 4) is 0 Å². The predicted molar refractivity (Wildman–Crippen MR) is 112 cm³/mol. The third kappa shape index (κ3) is 5.08. The third-order valence-corrected chi connectivity index (χ3v) is 5.50. The molecule has 0 spiro atoms. The van der Waals surface area contributed by atoms with Crippen LogP contribution in [0.1, 0.15) is 18.9 Å². The lowest BCUT2D eigenvalue weighted by Crippen LogP contribution is -2.28. The fraction of sp³-hybridized carbons (Fsp3) is 0.286. The number of nitrogens with zero attached hydrogens (tertiary/aromatic N) is 1. The van der Waals surface area contributed by atoms with E-state index in [-0.39, 0.29) is 23.9 Å². The van der Waals surface area contributed by atoms with Crippen LogP contribution in [0.5, 0.6) is 0 Å². The summed E-state index contributed by atoms with van der Waals surface area (Å²) in [6, 6.07) is 12.5. The van der Waals surface area contributed by atoms with Gasteiger partial charge in [0.1, 0.15) is 0 Å². The fourth-order valence-electron chi connectivity index (χ4n) is 3.07. The highest BCUT2D eigenvalue weighted by Gasteiger charge is 2.36. The summed E-state index contributed by atoms with van der Waals surface area (Å²) in [7, 11) is 0. The predicted octanol–water partition coefficient (Wildman–Crippen LogP) is 4.09. The molecule has 0 aliphatic carbocycles. The van der Waals surface area contributed by atoms with Gasteiger partial charge in [-0.05, 0) is 36.2 Å². The maximum atomic E-state index is 12.3. The number of hydrogen-bond acceptors (Lipinski definition) is 4. The molecule has 1 atom stereocenters. The number of carbonyl (C=O) groups excluding carboxylic acids is 3. The highest BCUT2D eigenvalue weighted by molar-refractivity contribution is 6.44. The van der Waals surface area contributed by atoms with E-state index in [0.29, 0.717) is 10.7 Å². The van der Waals surface area contributed by atoms with E-state index in [0.717, 1.165) is 12.1 Å². The van der Waals surface area contributed by atoms with E-state index in [9.17, 15) is 14.4 Å². The van der Waals surface area contributed by atoms with Crippen molar-refractivity contribution in [2.75, 3.05) is 23.4 Å². The van der Waals surface area contributed by atoms with Crippen LogP contribution in [-0.4, -0.2) is 30.9 Å². The first kappa shape index (κ1) is 21.1. The molecule has 2 aromatic carbocycles. The van der Waals surface area contributed by atoms with E-state index >= 15 is 0 Å². The maximum Gasteiger partial charge on any atom is 0.311 e. The molecule has 1 aliphatic heterocycles. The standard InChI is InChI=1S/C21H20Cl2N2O4/c1-2-13-6-8-15(9-7-13)25-11-14(10-19(25)27)21(28)29-12-18(26)24-17-5-3-4-16(22)20(17)23/h3-9,14H,2,10-12H2,1H3,(H,24,26)/t14-/m1/s1. The molecule has 0 radical (unpaired) electrons. The van der Waals surface area contributed by atoms with Crippen molar-refractivity contribution in [2.45, 2.75) is 19.8 Å². The van der Waals surface area contributed by atoms with Crippen LogP contribution in [0.2, 0.25) is 10.0 Å². The van der Waals surface area contributed by atoms with Crippen LogP contribution in [0, 0.1) is 5.92 Å². The lowest BCUT2D eigenvalue weighted by atomic mass is 10.1. The largest absolute Gasteiger partial charge is 0.455 e. The maximum absolute atomic E-state index is 12.3. The van der Waals surface area contributed by atoms with Gasteiger partial charge in [-0.1, -0.05) is 48.3 Å². The van der Waals surface area contributed by atoms with Crippen molar-refractivity contribution in [3.63, 3.8) is 0 Å². The smallest absolute Gasteiger partial charge is 0.311 e. The van der Waals surface area contributed by atoms with Crippen molar-refractivity contribution in [2.24, 2.45) is 5.92 Å². The quantitative estimate of drug-likeness (QED) is 0.694. The molecular weight excluding hydrogens is 415 g/mol. The van der Waals surface area contributed by atoms with Gasteiger partial charge in [-0.15, -0.1) is 0 Å². The third-order valence-electron chi connectivity index (χ3n) is 4.69. The second kappa shape index (κ2) is 9.29. The number of nitrogens with one attached hydrogen (secondary N) is 1. The van der Waals surface area contributed by atoms with Gasteiger partial charge in [-0.2, -0.15) is 0 Å². The molecule has 0 bridgehead atoms. The Morgan fingerprint density at radius 1 is 1.17 bits per heavy atom. The van der Waals surface area contributed by atoms with E-state index in [2.05, 4.69) is 12.2 Å². The van der Waals surface area contributed by atoms with Gasteiger partial charge in [0, 0.05) is 18.7 Å². The average molecular weight is 435 g/mol. The van der Waals surface area contributed by atoms with Gasteiger partial charge in [0.25, 0.3) is 5.91 Å². The van der Waals surface area contributed by atoms with Crippen LogP contribution < -0.4 is 10.2 Å². The Balaban J connectivity index is 1.53. The summed E-state index contributed by atoms with van der Waals surface area (Å²) in [4.78, 5) is 38.2. The molecule has 1 N–H and O–H groups in total. The topological polar surface area (TPSA) is 75.7 Å². The van der Waals surface area contributed by atoms with Gasteiger partial charge in [-0.3, -0.25) is 14.4 Å². The molecule has 1 fully saturated rings. The Bertz CT molecular complexity index is 931. The summed E-state index contributed by atoms with van der Waals surface area (Å²) in [5.41, 5.74) is 2.25. The minimum absolute atomic E-state index is 0.0517. The van der Waals surface area contributed by atoms with Crippen LogP contribution in [0.25, 0.3) is 0 Å². The Labute approximate surface area is 178 Å². The zero-order valence-electron chi connectivity index (χ0n) is 15.8. The first-order valence-corrected chi connectivity index (χ1v) is 9.94. The number of amides is 2. The van der Waals surface area contributed by atoms with Crippen molar-refractivity contribution < 1.29 is 19.1 Å². The molecular formula is C21H20Cl2N2O4. The van der Waals surface area contributed by atoms with E-state index < -0.39 is 24.4 Å². The second-order valence-electron chi connectivity index (χ2n) is 6.68. The number of anilines is 2. The van der Waals surface area contributed by atoms with Gasteiger partial charge in [0.05, 0.1) is 21.7 Å². The summed E-state index contributed by atoms with van der Waals surface area (Å²) in [6.07, 6.45) is 0.960. The Morgan fingerprint density at radius 3 is 2.59 bits per heavy atom. The molecule has 29 heavy (non-hydrogen) atoms. The molecule has 152 valence electrons. The Kier molecular flexibility index (Phi) is 6.77. The normalized spacial score (nSPS) is 16.0. The Morgan fingerprint density at radius 2 is 1.90 bits per heavy atom. The molecule has 3 rings (SSSR count). The van der Waals surface area contributed by atoms with Crippen molar-refractivity contribution in [1.82, 2.24) is 0 Å². The number of halogens is 2. The van der Waals surface area contributed by atoms with E-state index in [4.69, 9.17) is 27.9 Å². The number of rotatable bonds is 6. The zero-order chi connectivity index (χ0) is 21.0. The number of benzene rings is 2. The number of esters is 1. The van der Waals surface area contributed by atoms with Gasteiger partial charge in [0.15, 0.2) is 6.61 Å². The number of hydrogen-bond donors (Lipinski definition) is 1. The second-order valence-corrected chi connectivity index (χ2v) is 7.47. The van der Waals surface area contributed by atoms with Gasteiger partial charge in [-0.25, -0.2) is 0 Å². The number of aryl methyl sites for hydroxylation is 1. The van der Waals surface area contributed by atoms with Crippen molar-refractivity contribution in [3.05, 3.63) is 58.1 Å². The van der Waals surface area contributed by atoms with E-state index in [1.807, 2.05) is 24.3 Å². The van der Waals surface area contributed by atoms with Crippen LogP contribution in [-0.2, 0) is 25.5 Å². The molecule has 1 aliphatic rings. The lowest BCUT2D eigenvalue weighted by molar-refractivity contribution is -0.151. The summed E-state index contributed by atoms with van der Waals surface area (Å²) in [5.74, 6) is -1.89. The van der Waals surface area contributed by atoms with Gasteiger partial charge >= 0.3 is 5.97 Å². The molecule has 0 unspecified atom stereocenters. The molecule has 0 saturated carbocycles. The van der Waals surface area contributed by atoms with Crippen LogP contribution in [0.15, 0.2) is 42.5 Å². The van der Waals surface area contributed by atoms with Crippen molar-refractivity contribution >= 4 is 52.4 Å². The van der Waals surface area contributed by atoms with Crippen LogP contribution in [0.3, 0.4) is 0 Å². The van der Waals surface area contributed by atoms with Gasteiger partial charge < -0.3 is 15.0 Å². The zero-order valence-corrected chi connectivity index (χ0v) is 17.3. The number of ether oxygens (including phenoxy) is 1. The first-order chi connectivity index (χ1) is 13.9. The molecule has 6 nitrogen and oxygen atoms in total. The average Bonchev–Trinajstić information content (AvgIpc) is 3.11. The van der Waals surface area contributed by atoms with Crippen LogP contribution in [0.4, 0.5) is 11.4 Å². The van der Waals surface area contributed by atoms with Gasteiger partial charge in [0.2, 0.25) is 5.91 Å². The molecule has 0 aromatic heterocycles. The fourth-order valence-corrected chi connectivity index (χ4v) is 3.42. The highest BCUT2D eigenvalue weighted by Crippen LogP contribution is 2.29. The summed E-state index contributed by atoms with van der Waals surface area (Å²) in [5, 5.41) is 3.05. The molecule has 8 heteroatoms. The van der Waals surface area contributed by atoms with Crippen molar-refractivity contribution in [1.29, 1.82) is 0 Å². The lowest BCUT2D eigenvalue weighted by Gasteiger charge is -2.17. The van der Waals surface area contributed by atoms with E-state index in [1.54, 1.807) is 23.1 Å². The highest BCUT2D eigenvalue weighted by atomic mass is 35.5. The number of carbonyl (C=O) groups is 3.